The topological polar surface area (TPSA) is 50.8 Å². The van der Waals surface area contributed by atoms with E-state index in [0.717, 1.165) is 5.52 Å². The molecule has 0 atom stereocenters. The van der Waals surface area contributed by atoms with Crippen LogP contribution in [-0.2, 0) is 0 Å². The van der Waals surface area contributed by atoms with Crippen molar-refractivity contribution >= 4 is 11.2 Å². The van der Waals surface area contributed by atoms with Gasteiger partial charge >= 0.3 is 0 Å². The van der Waals surface area contributed by atoms with Crippen molar-refractivity contribution in [3.63, 3.8) is 0 Å². The van der Waals surface area contributed by atoms with Crippen molar-refractivity contribution in [1.29, 1.82) is 0 Å². The molecule has 0 radical (unpaired) electrons. The highest BCUT2D eigenvalue weighted by Gasteiger charge is 2.15. The Morgan fingerprint density at radius 3 is 2.89 bits per heavy atom. The summed E-state index contributed by atoms with van der Waals surface area (Å²) in [4.78, 5) is 11.4. The number of aromatic nitrogens is 3. The predicted octanol–water partition coefficient (Wildman–Crippen LogP) is 2.77. The number of nitrogens with one attached hydrogen (secondary N) is 1. The third-order valence-electron chi connectivity index (χ3n) is 2.69. The lowest BCUT2D eigenvalue weighted by Crippen LogP contribution is -1.92. The van der Waals surface area contributed by atoms with E-state index in [4.69, 9.17) is 4.74 Å². The van der Waals surface area contributed by atoms with Gasteiger partial charge < -0.3 is 9.72 Å². The summed E-state index contributed by atoms with van der Waals surface area (Å²) in [5.41, 5.74) is 1.63. The van der Waals surface area contributed by atoms with Gasteiger partial charge in [0.05, 0.1) is 18.2 Å². The number of hydrogen-bond donors (Lipinski definition) is 1. The Hall–Kier alpha value is -2.43. The van der Waals surface area contributed by atoms with E-state index in [1.165, 1.54) is 13.2 Å². The summed E-state index contributed by atoms with van der Waals surface area (Å²) in [6.45, 7) is 0. The van der Waals surface area contributed by atoms with Crippen molar-refractivity contribution in [3.05, 3.63) is 42.3 Å². The lowest BCUT2D eigenvalue weighted by atomic mass is 10.2. The van der Waals surface area contributed by atoms with Gasteiger partial charge in [-0.15, -0.1) is 0 Å². The summed E-state index contributed by atoms with van der Waals surface area (Å²) in [5.74, 6) is 0.473. The molecular weight excluding hydrogens is 233 g/mol. The second kappa shape index (κ2) is 4.10. The van der Waals surface area contributed by atoms with Gasteiger partial charge in [-0.3, -0.25) is 0 Å². The molecule has 0 aliphatic rings. The van der Waals surface area contributed by atoms with E-state index in [0.29, 0.717) is 22.8 Å². The van der Waals surface area contributed by atoms with Crippen LogP contribution in [0.4, 0.5) is 4.39 Å². The fraction of sp³-hybridized carbons (Fsp3) is 0.0769. The minimum atomic E-state index is -0.381. The van der Waals surface area contributed by atoms with Gasteiger partial charge in [0.25, 0.3) is 0 Å². The Morgan fingerprint density at radius 2 is 2.11 bits per heavy atom. The summed E-state index contributed by atoms with van der Waals surface area (Å²) in [7, 11) is 1.50. The number of benzene rings is 1. The zero-order valence-electron chi connectivity index (χ0n) is 9.64. The summed E-state index contributed by atoms with van der Waals surface area (Å²) in [6, 6.07) is 8.30. The monoisotopic (exact) mass is 243 g/mol. The number of fused-ring (bicyclic) bond motifs is 1. The Balaban J connectivity index is 2.25. The van der Waals surface area contributed by atoms with Crippen molar-refractivity contribution < 1.29 is 9.13 Å². The molecule has 1 N–H and O–H groups in total. The number of ether oxygens (including phenoxy) is 1. The van der Waals surface area contributed by atoms with Crippen LogP contribution in [0.3, 0.4) is 0 Å². The second-order valence-electron chi connectivity index (χ2n) is 3.78. The molecule has 2 aromatic heterocycles. The van der Waals surface area contributed by atoms with E-state index in [1.54, 1.807) is 24.4 Å². The lowest BCUT2D eigenvalue weighted by Gasteiger charge is -2.06. The second-order valence-corrected chi connectivity index (χ2v) is 3.78. The van der Waals surface area contributed by atoms with Crippen LogP contribution < -0.4 is 4.74 Å². The van der Waals surface area contributed by atoms with Crippen LogP contribution in [0, 0.1) is 5.82 Å². The Morgan fingerprint density at radius 1 is 1.22 bits per heavy atom. The van der Waals surface area contributed by atoms with Crippen LogP contribution in [0.25, 0.3) is 22.6 Å². The number of imidazole rings is 1. The van der Waals surface area contributed by atoms with Crippen molar-refractivity contribution in [2.24, 2.45) is 0 Å². The summed E-state index contributed by atoms with van der Waals surface area (Å²) < 4.78 is 19.0. The normalized spacial score (nSPS) is 10.8. The highest BCUT2D eigenvalue weighted by atomic mass is 19.1. The maximum Gasteiger partial charge on any atom is 0.178 e. The van der Waals surface area contributed by atoms with E-state index in [2.05, 4.69) is 15.0 Å². The molecule has 3 aromatic rings. The molecule has 18 heavy (non-hydrogen) atoms. The van der Waals surface area contributed by atoms with Crippen molar-refractivity contribution in [2.75, 3.05) is 7.11 Å². The first kappa shape index (κ1) is 10.7. The number of H-pyrrole nitrogens is 1. The predicted molar refractivity (Wildman–Crippen MR) is 65.8 cm³/mol. The molecule has 1 aromatic carbocycles. The van der Waals surface area contributed by atoms with Crippen LogP contribution in [-0.4, -0.2) is 22.1 Å². The van der Waals surface area contributed by atoms with E-state index >= 15 is 0 Å². The number of aromatic amines is 1. The van der Waals surface area contributed by atoms with Crippen LogP contribution in [0.5, 0.6) is 5.75 Å². The van der Waals surface area contributed by atoms with E-state index < -0.39 is 0 Å². The highest BCUT2D eigenvalue weighted by molar-refractivity contribution is 5.77. The molecule has 2 heterocycles. The third-order valence-corrected chi connectivity index (χ3v) is 2.69. The fourth-order valence-electron chi connectivity index (χ4n) is 1.87. The van der Waals surface area contributed by atoms with Gasteiger partial charge in [0.2, 0.25) is 0 Å². The molecule has 3 rings (SSSR count). The first-order chi connectivity index (χ1) is 8.79. The lowest BCUT2D eigenvalue weighted by molar-refractivity contribution is 0.413. The summed E-state index contributed by atoms with van der Waals surface area (Å²) in [5, 5.41) is 0. The molecule has 0 saturated heterocycles. The van der Waals surface area contributed by atoms with E-state index in [9.17, 15) is 4.39 Å². The average molecular weight is 243 g/mol. The molecule has 0 aliphatic carbocycles. The number of hydrogen-bond acceptors (Lipinski definition) is 3. The minimum absolute atomic E-state index is 0.318. The molecule has 4 nitrogen and oxygen atoms in total. The highest BCUT2D eigenvalue weighted by Crippen LogP contribution is 2.31. The summed E-state index contributed by atoms with van der Waals surface area (Å²) in [6.07, 6.45) is 1.64. The van der Waals surface area contributed by atoms with E-state index in [-0.39, 0.29) is 5.82 Å². The van der Waals surface area contributed by atoms with Crippen LogP contribution in [0.1, 0.15) is 0 Å². The van der Waals surface area contributed by atoms with Crippen molar-refractivity contribution in [2.45, 2.75) is 0 Å². The van der Waals surface area contributed by atoms with Crippen LogP contribution in [0.2, 0.25) is 0 Å². The van der Waals surface area contributed by atoms with Gasteiger partial charge in [-0.1, -0.05) is 6.07 Å². The molecule has 5 heteroatoms. The van der Waals surface area contributed by atoms with Crippen LogP contribution >= 0.6 is 0 Å². The first-order valence-electron chi connectivity index (χ1n) is 5.43. The number of pyridine rings is 1. The molecule has 0 spiro atoms. The number of methoxy groups -OCH3 is 1. The molecule has 0 amide bonds. The van der Waals surface area contributed by atoms with Gasteiger partial charge in [-0.25, -0.2) is 14.4 Å². The average Bonchev–Trinajstić information content (AvgIpc) is 2.81. The van der Waals surface area contributed by atoms with Crippen molar-refractivity contribution in [3.8, 4) is 17.1 Å². The largest absolute Gasteiger partial charge is 0.496 e. The molecule has 0 saturated carbocycles. The molecule has 0 unspecified atom stereocenters. The molecular formula is C13H10FN3O. The summed E-state index contributed by atoms with van der Waals surface area (Å²) >= 11 is 0. The van der Waals surface area contributed by atoms with Crippen LogP contribution in [0.15, 0.2) is 36.5 Å². The van der Waals surface area contributed by atoms with Gasteiger partial charge in [-0.05, 0) is 24.3 Å². The Kier molecular flexibility index (Phi) is 2.44. The fourth-order valence-corrected chi connectivity index (χ4v) is 1.87. The maximum absolute atomic E-state index is 13.9. The molecule has 0 aliphatic heterocycles. The van der Waals surface area contributed by atoms with Gasteiger partial charge in [0, 0.05) is 6.20 Å². The number of halogens is 1. The molecule has 90 valence electrons. The van der Waals surface area contributed by atoms with Gasteiger partial charge in [0.15, 0.2) is 5.65 Å². The SMILES string of the molecule is COc1cccc(F)c1-c1nc2ncccc2[nH]1. The third kappa shape index (κ3) is 1.60. The minimum Gasteiger partial charge on any atom is -0.496 e. The maximum atomic E-state index is 13.9. The van der Waals surface area contributed by atoms with Gasteiger partial charge in [0.1, 0.15) is 17.4 Å². The first-order valence-corrected chi connectivity index (χ1v) is 5.43. The Labute approximate surface area is 102 Å². The standard InChI is InChI=1S/C13H10FN3O/c1-18-10-6-2-4-8(14)11(10)13-16-9-5-3-7-15-12(9)17-13/h2-7H,1H3,(H,15,16,17). The zero-order chi connectivity index (χ0) is 12.5. The van der Waals surface area contributed by atoms with E-state index in [1.807, 2.05) is 6.07 Å². The molecule has 0 bridgehead atoms. The number of rotatable bonds is 2. The quantitative estimate of drug-likeness (QED) is 0.753. The zero-order valence-corrected chi connectivity index (χ0v) is 9.64. The molecule has 0 fully saturated rings. The number of nitrogens with zero attached hydrogens (tertiary/aromatic N) is 2. The van der Waals surface area contributed by atoms with Crippen molar-refractivity contribution in [1.82, 2.24) is 15.0 Å². The Bertz CT molecular complexity index is 675. The van der Waals surface area contributed by atoms with Gasteiger partial charge in [-0.2, -0.15) is 0 Å². The smallest absolute Gasteiger partial charge is 0.178 e.